The number of ether oxygens (including phenoxy) is 2. The van der Waals surface area contributed by atoms with Gasteiger partial charge in [-0.15, -0.1) is 0 Å². The maximum Gasteiger partial charge on any atom is 0.154 e. The van der Waals surface area contributed by atoms with Crippen LogP contribution in [0.15, 0.2) is 42.5 Å². The van der Waals surface area contributed by atoms with Crippen LogP contribution in [-0.2, 0) is 16.0 Å². The summed E-state index contributed by atoms with van der Waals surface area (Å²) in [6.45, 7) is 7.86. The van der Waals surface area contributed by atoms with Gasteiger partial charge in [0, 0.05) is 19.8 Å². The first-order valence-corrected chi connectivity index (χ1v) is 7.12. The largest absolute Gasteiger partial charge is 0.353 e. The van der Waals surface area contributed by atoms with Crippen molar-refractivity contribution in [2.75, 3.05) is 13.2 Å². The molecule has 20 heavy (non-hydrogen) atoms. The highest BCUT2D eigenvalue weighted by Crippen LogP contribution is 2.17. The Morgan fingerprint density at radius 3 is 2.15 bits per heavy atom. The number of nitrogens with two attached hydrogens (primary N) is 1. The highest BCUT2D eigenvalue weighted by molar-refractivity contribution is 5.85. The lowest BCUT2D eigenvalue weighted by atomic mass is 10.1. The van der Waals surface area contributed by atoms with Gasteiger partial charge in [-0.25, -0.2) is 0 Å². The lowest BCUT2D eigenvalue weighted by molar-refractivity contribution is -0.123. The van der Waals surface area contributed by atoms with E-state index in [0.717, 1.165) is 13.2 Å². The van der Waals surface area contributed by atoms with E-state index in [1.54, 1.807) is 0 Å². The van der Waals surface area contributed by atoms with Gasteiger partial charge in [0.05, 0.1) is 0 Å². The lowest BCUT2D eigenvalue weighted by Crippen LogP contribution is -2.11. The zero-order valence-corrected chi connectivity index (χ0v) is 12.6. The Kier molecular flexibility index (Phi) is 7.88. The lowest BCUT2D eigenvalue weighted by Gasteiger charge is -2.09. The molecular weight excluding hydrogens is 250 g/mol. The molecule has 0 fully saturated rings. The third-order valence-corrected chi connectivity index (χ3v) is 2.90. The van der Waals surface area contributed by atoms with Crippen LogP contribution in [0.3, 0.4) is 0 Å². The molecule has 0 heterocycles. The molecule has 0 unspecified atom stereocenters. The molecule has 2 aromatic carbocycles. The molecular formula is C17H25NO2. The summed E-state index contributed by atoms with van der Waals surface area (Å²) in [5.41, 5.74) is 6.83. The molecule has 2 rings (SSSR count). The third-order valence-electron chi connectivity index (χ3n) is 2.90. The van der Waals surface area contributed by atoms with E-state index in [1.165, 1.54) is 16.3 Å². The average molecular weight is 275 g/mol. The minimum Gasteiger partial charge on any atom is -0.353 e. The fraction of sp³-hybridized carbons (Fsp3) is 0.412. The Balaban J connectivity index is 0.000000221. The summed E-state index contributed by atoms with van der Waals surface area (Å²) in [6.07, 6.45) is -0.0370. The topological polar surface area (TPSA) is 44.5 Å². The van der Waals surface area contributed by atoms with E-state index < -0.39 is 0 Å². The minimum atomic E-state index is -0.0370. The smallest absolute Gasteiger partial charge is 0.154 e. The molecule has 0 atom stereocenters. The molecule has 0 saturated heterocycles. The molecule has 2 aromatic rings. The van der Waals surface area contributed by atoms with Crippen LogP contribution in [0.5, 0.6) is 0 Å². The Morgan fingerprint density at radius 1 is 0.950 bits per heavy atom. The molecule has 0 spiro atoms. The first kappa shape index (κ1) is 16.6. The van der Waals surface area contributed by atoms with Gasteiger partial charge in [0.15, 0.2) is 6.29 Å². The summed E-state index contributed by atoms with van der Waals surface area (Å²) in [4.78, 5) is 0. The van der Waals surface area contributed by atoms with Crippen molar-refractivity contribution in [3.63, 3.8) is 0 Å². The highest BCUT2D eigenvalue weighted by Gasteiger charge is 1.96. The molecule has 0 amide bonds. The van der Waals surface area contributed by atoms with Crippen LogP contribution in [0.25, 0.3) is 10.8 Å². The number of fused-ring (bicyclic) bond motifs is 1. The Hall–Kier alpha value is -1.42. The predicted octanol–water partition coefficient (Wildman–Crippen LogP) is 3.70. The molecule has 0 bridgehead atoms. The Labute approximate surface area is 121 Å². The minimum absolute atomic E-state index is 0.0370. The molecule has 0 aliphatic heterocycles. The fourth-order valence-corrected chi connectivity index (χ4v) is 1.99. The molecule has 0 aliphatic carbocycles. The van der Waals surface area contributed by atoms with Gasteiger partial charge in [-0.3, -0.25) is 0 Å². The number of rotatable bonds is 5. The molecule has 0 saturated carbocycles. The average Bonchev–Trinajstić information content (AvgIpc) is 2.48. The van der Waals surface area contributed by atoms with Gasteiger partial charge >= 0.3 is 0 Å². The van der Waals surface area contributed by atoms with Crippen LogP contribution in [0, 0.1) is 0 Å². The zero-order valence-electron chi connectivity index (χ0n) is 12.6. The maximum absolute atomic E-state index is 5.62. The quantitative estimate of drug-likeness (QED) is 0.846. The number of benzene rings is 2. The second-order valence-corrected chi connectivity index (χ2v) is 4.32. The predicted molar refractivity (Wildman–Crippen MR) is 84.6 cm³/mol. The van der Waals surface area contributed by atoms with Crippen molar-refractivity contribution in [3.8, 4) is 0 Å². The van der Waals surface area contributed by atoms with Crippen molar-refractivity contribution in [3.05, 3.63) is 48.0 Å². The van der Waals surface area contributed by atoms with Crippen LogP contribution in [0.2, 0.25) is 0 Å². The zero-order chi connectivity index (χ0) is 14.8. The number of hydrogen-bond acceptors (Lipinski definition) is 3. The summed E-state index contributed by atoms with van der Waals surface area (Å²) in [7, 11) is 0. The van der Waals surface area contributed by atoms with Crippen LogP contribution < -0.4 is 5.73 Å². The molecule has 0 aliphatic rings. The SMILES string of the molecule is CCOC(C)OCC.NCc1cccc2ccccc12. The van der Waals surface area contributed by atoms with Crippen molar-refractivity contribution in [2.24, 2.45) is 5.73 Å². The van der Waals surface area contributed by atoms with E-state index in [2.05, 4.69) is 24.3 Å². The first-order chi connectivity index (χ1) is 9.72. The van der Waals surface area contributed by atoms with Gasteiger partial charge < -0.3 is 15.2 Å². The van der Waals surface area contributed by atoms with E-state index in [-0.39, 0.29) is 6.29 Å². The van der Waals surface area contributed by atoms with Crippen molar-refractivity contribution in [1.82, 2.24) is 0 Å². The van der Waals surface area contributed by atoms with Gasteiger partial charge in [-0.05, 0) is 37.1 Å². The van der Waals surface area contributed by atoms with Crippen molar-refractivity contribution in [1.29, 1.82) is 0 Å². The Bertz CT molecular complexity index is 488. The molecule has 3 heteroatoms. The number of hydrogen-bond donors (Lipinski definition) is 1. The van der Waals surface area contributed by atoms with E-state index >= 15 is 0 Å². The fourth-order valence-electron chi connectivity index (χ4n) is 1.99. The van der Waals surface area contributed by atoms with E-state index in [0.29, 0.717) is 6.54 Å². The van der Waals surface area contributed by atoms with Crippen LogP contribution in [0.4, 0.5) is 0 Å². The van der Waals surface area contributed by atoms with Crippen LogP contribution in [-0.4, -0.2) is 19.5 Å². The van der Waals surface area contributed by atoms with E-state index in [4.69, 9.17) is 15.2 Å². The standard InChI is InChI=1S/C11H11N.C6H14O2/c12-8-10-6-3-5-9-4-1-2-7-11(9)10;1-4-7-6(3)8-5-2/h1-7H,8,12H2;6H,4-5H2,1-3H3. The summed E-state index contributed by atoms with van der Waals surface area (Å²) >= 11 is 0. The molecule has 0 radical (unpaired) electrons. The monoisotopic (exact) mass is 275 g/mol. The summed E-state index contributed by atoms with van der Waals surface area (Å²) in [6, 6.07) is 14.5. The van der Waals surface area contributed by atoms with Crippen LogP contribution >= 0.6 is 0 Å². The Morgan fingerprint density at radius 2 is 1.55 bits per heavy atom. The summed E-state index contributed by atoms with van der Waals surface area (Å²) < 4.78 is 10.1. The maximum atomic E-state index is 5.62. The second kappa shape index (κ2) is 9.48. The first-order valence-electron chi connectivity index (χ1n) is 7.12. The van der Waals surface area contributed by atoms with Crippen molar-refractivity contribution in [2.45, 2.75) is 33.6 Å². The van der Waals surface area contributed by atoms with Gasteiger partial charge in [0.2, 0.25) is 0 Å². The van der Waals surface area contributed by atoms with Gasteiger partial charge in [0.1, 0.15) is 0 Å². The van der Waals surface area contributed by atoms with Crippen molar-refractivity contribution < 1.29 is 9.47 Å². The van der Waals surface area contributed by atoms with Crippen molar-refractivity contribution >= 4 is 10.8 Å². The van der Waals surface area contributed by atoms with E-state index in [9.17, 15) is 0 Å². The second-order valence-electron chi connectivity index (χ2n) is 4.32. The summed E-state index contributed by atoms with van der Waals surface area (Å²) in [5, 5.41) is 2.53. The molecule has 3 nitrogen and oxygen atoms in total. The van der Waals surface area contributed by atoms with E-state index in [1.807, 2.05) is 39.0 Å². The molecule has 0 aromatic heterocycles. The summed E-state index contributed by atoms with van der Waals surface area (Å²) in [5.74, 6) is 0. The normalized spacial score (nSPS) is 10.4. The van der Waals surface area contributed by atoms with Gasteiger partial charge in [-0.2, -0.15) is 0 Å². The van der Waals surface area contributed by atoms with Crippen LogP contribution in [0.1, 0.15) is 26.3 Å². The highest BCUT2D eigenvalue weighted by atomic mass is 16.7. The third kappa shape index (κ3) is 5.29. The molecule has 110 valence electrons. The van der Waals surface area contributed by atoms with Gasteiger partial charge in [0.25, 0.3) is 0 Å². The van der Waals surface area contributed by atoms with Gasteiger partial charge in [-0.1, -0.05) is 42.5 Å². The molecule has 2 N–H and O–H groups in total.